The second kappa shape index (κ2) is 14.7. The van der Waals surface area contributed by atoms with Crippen molar-refractivity contribution < 1.29 is 18.7 Å². The fourth-order valence-electron chi connectivity index (χ4n) is 2.38. The first-order valence-corrected chi connectivity index (χ1v) is 9.58. The Labute approximate surface area is 195 Å². The minimum atomic E-state index is -0.0765. The van der Waals surface area contributed by atoms with Crippen molar-refractivity contribution >= 4 is 41.5 Å². The van der Waals surface area contributed by atoms with Crippen molar-refractivity contribution in [2.24, 2.45) is 4.99 Å². The normalized spacial score (nSPS) is 10.8. The summed E-state index contributed by atoms with van der Waals surface area (Å²) in [5.74, 6) is 2.08. The highest BCUT2D eigenvalue weighted by Gasteiger charge is 2.06. The number of hydrogen-bond donors (Lipinski definition) is 2. The fraction of sp³-hybridized carbons (Fsp3) is 0.429. The Bertz CT molecular complexity index is 766. The summed E-state index contributed by atoms with van der Waals surface area (Å²) in [5, 5.41) is 6.46. The zero-order valence-corrected chi connectivity index (χ0v) is 20.1. The monoisotopic (exact) mass is 530 g/mol. The maximum atomic E-state index is 11.9. The van der Waals surface area contributed by atoms with Crippen LogP contribution in [0.5, 0.6) is 5.75 Å². The predicted molar refractivity (Wildman–Crippen MR) is 129 cm³/mol. The minimum absolute atomic E-state index is 0. The zero-order chi connectivity index (χ0) is 20.9. The Morgan fingerprint density at radius 1 is 1.20 bits per heavy atom. The molecule has 2 N–H and O–H groups in total. The summed E-state index contributed by atoms with van der Waals surface area (Å²) in [4.78, 5) is 17.8. The lowest BCUT2D eigenvalue weighted by molar-refractivity contribution is -0.127. The molecule has 2 rings (SSSR count). The van der Waals surface area contributed by atoms with E-state index in [0.29, 0.717) is 32.1 Å². The molecular formula is C21H31IN4O4. The summed E-state index contributed by atoms with van der Waals surface area (Å²) in [6.45, 7) is 1.91. The summed E-state index contributed by atoms with van der Waals surface area (Å²) in [6.07, 6.45) is 3.18. The van der Waals surface area contributed by atoms with Crippen molar-refractivity contribution in [3.05, 3.63) is 48.4 Å². The number of methoxy groups -OCH3 is 1. The van der Waals surface area contributed by atoms with E-state index in [1.165, 1.54) is 4.90 Å². The van der Waals surface area contributed by atoms with E-state index in [-0.39, 0.29) is 36.4 Å². The van der Waals surface area contributed by atoms with E-state index in [9.17, 15) is 4.79 Å². The molecule has 8 nitrogen and oxygen atoms in total. The van der Waals surface area contributed by atoms with Crippen molar-refractivity contribution in [1.29, 1.82) is 0 Å². The lowest BCUT2D eigenvalue weighted by Crippen LogP contribution is -2.34. The summed E-state index contributed by atoms with van der Waals surface area (Å²) >= 11 is 0. The van der Waals surface area contributed by atoms with Gasteiger partial charge in [-0.05, 0) is 24.3 Å². The van der Waals surface area contributed by atoms with Crippen LogP contribution in [0, 0.1) is 0 Å². The van der Waals surface area contributed by atoms with Crippen molar-refractivity contribution in [3.8, 4) is 5.75 Å². The van der Waals surface area contributed by atoms with Gasteiger partial charge in [-0.25, -0.2) is 4.99 Å². The largest absolute Gasteiger partial charge is 0.493 e. The quantitative estimate of drug-likeness (QED) is 0.201. The number of nitrogens with one attached hydrogen (secondary N) is 2. The molecule has 2 aromatic rings. The van der Waals surface area contributed by atoms with Crippen molar-refractivity contribution in [1.82, 2.24) is 10.2 Å². The van der Waals surface area contributed by atoms with E-state index in [2.05, 4.69) is 15.6 Å². The van der Waals surface area contributed by atoms with Gasteiger partial charge in [0.15, 0.2) is 5.96 Å². The van der Waals surface area contributed by atoms with Crippen LogP contribution in [0.15, 0.2) is 52.1 Å². The first-order valence-electron chi connectivity index (χ1n) is 9.58. The van der Waals surface area contributed by atoms with Gasteiger partial charge < -0.3 is 29.4 Å². The third-order valence-electron chi connectivity index (χ3n) is 3.97. The average Bonchev–Trinajstić information content (AvgIpc) is 3.23. The molecule has 0 aliphatic carbocycles. The summed E-state index contributed by atoms with van der Waals surface area (Å²) in [5.41, 5.74) is 0.816. The van der Waals surface area contributed by atoms with Crippen LogP contribution in [0.2, 0.25) is 0 Å². The molecule has 30 heavy (non-hydrogen) atoms. The Kier molecular flexibility index (Phi) is 12.6. The van der Waals surface area contributed by atoms with Crippen LogP contribution in [0.25, 0.3) is 0 Å². The molecule has 0 saturated carbocycles. The van der Waals surface area contributed by atoms with Gasteiger partial charge in [-0.15, -0.1) is 24.0 Å². The Balaban J connectivity index is 0.00000450. The van der Waals surface area contributed by atoms with E-state index in [1.807, 2.05) is 36.4 Å². The van der Waals surface area contributed by atoms with Crippen LogP contribution >= 0.6 is 24.0 Å². The number of rotatable bonds is 11. The average molecular weight is 530 g/mol. The molecule has 0 bridgehead atoms. The molecule has 0 radical (unpaired) electrons. The highest BCUT2D eigenvalue weighted by atomic mass is 127. The van der Waals surface area contributed by atoms with E-state index < -0.39 is 0 Å². The molecule has 0 fully saturated rings. The van der Waals surface area contributed by atoms with Gasteiger partial charge in [-0.3, -0.25) is 4.79 Å². The Hall–Kier alpha value is -2.27. The number of guanidine groups is 1. The molecule has 1 aromatic heterocycles. The van der Waals surface area contributed by atoms with Gasteiger partial charge in [-0.1, -0.05) is 6.07 Å². The summed E-state index contributed by atoms with van der Waals surface area (Å²) < 4.78 is 16.1. The number of anilines is 1. The second-order valence-electron chi connectivity index (χ2n) is 6.56. The van der Waals surface area contributed by atoms with Gasteiger partial charge in [0.25, 0.3) is 0 Å². The third kappa shape index (κ3) is 9.97. The number of carbonyl (C=O) groups excluding carboxylic acids is 1. The van der Waals surface area contributed by atoms with Crippen LogP contribution in [-0.4, -0.2) is 64.3 Å². The van der Waals surface area contributed by atoms with Crippen molar-refractivity contribution in [2.45, 2.75) is 12.8 Å². The number of nitrogens with zero attached hydrogens (tertiary/aromatic N) is 2. The molecular weight excluding hydrogens is 499 g/mol. The number of carbonyl (C=O) groups is 1. The number of likely N-dealkylation sites (N-methyl/N-ethyl adjacent to an activating group) is 1. The predicted octanol–water partition coefficient (Wildman–Crippen LogP) is 3.00. The Morgan fingerprint density at radius 2 is 2.03 bits per heavy atom. The molecule has 0 atom stereocenters. The molecule has 0 aliphatic rings. The number of aliphatic imine (C=N–C) groups is 1. The molecule has 166 valence electrons. The van der Waals surface area contributed by atoms with Crippen molar-refractivity contribution in [3.63, 3.8) is 0 Å². The second-order valence-corrected chi connectivity index (χ2v) is 6.56. The maximum Gasteiger partial charge on any atom is 0.243 e. The molecule has 0 unspecified atom stereocenters. The lowest BCUT2D eigenvalue weighted by Gasteiger charge is -2.14. The van der Waals surface area contributed by atoms with E-state index in [0.717, 1.165) is 23.6 Å². The maximum absolute atomic E-state index is 11.9. The van der Waals surface area contributed by atoms with Crippen LogP contribution in [0.4, 0.5) is 5.69 Å². The molecule has 1 heterocycles. The molecule has 1 amide bonds. The van der Waals surface area contributed by atoms with E-state index in [4.69, 9.17) is 13.9 Å². The number of halogens is 1. The summed E-state index contributed by atoms with van der Waals surface area (Å²) in [6, 6.07) is 11.4. The SMILES string of the molecule is COCCCOc1cccc(NC(=NCC(=O)N(C)C)NCCc2ccco2)c1.I. The van der Waals surface area contributed by atoms with Crippen LogP contribution < -0.4 is 15.4 Å². The Morgan fingerprint density at radius 3 is 2.73 bits per heavy atom. The molecule has 0 spiro atoms. The summed E-state index contributed by atoms with van der Waals surface area (Å²) in [7, 11) is 5.09. The zero-order valence-electron chi connectivity index (χ0n) is 17.7. The van der Waals surface area contributed by atoms with Crippen molar-refractivity contribution in [2.75, 3.05) is 52.8 Å². The molecule has 9 heteroatoms. The number of furan rings is 1. The minimum Gasteiger partial charge on any atom is -0.493 e. The van der Waals surface area contributed by atoms with Crippen LogP contribution in [-0.2, 0) is 16.0 Å². The van der Waals surface area contributed by atoms with Gasteiger partial charge in [0.1, 0.15) is 18.1 Å². The first-order chi connectivity index (χ1) is 14.1. The van der Waals surface area contributed by atoms with Crippen LogP contribution in [0.3, 0.4) is 0 Å². The van der Waals surface area contributed by atoms with Gasteiger partial charge in [0.2, 0.25) is 5.91 Å². The highest BCUT2D eigenvalue weighted by Crippen LogP contribution is 2.17. The van der Waals surface area contributed by atoms with Gasteiger partial charge >= 0.3 is 0 Å². The van der Waals surface area contributed by atoms with Gasteiger partial charge in [0.05, 0.1) is 12.9 Å². The topological polar surface area (TPSA) is 88.3 Å². The smallest absolute Gasteiger partial charge is 0.243 e. The number of ether oxygens (including phenoxy) is 2. The lowest BCUT2D eigenvalue weighted by atomic mass is 10.3. The van der Waals surface area contributed by atoms with Gasteiger partial charge in [0, 0.05) is 59.0 Å². The highest BCUT2D eigenvalue weighted by molar-refractivity contribution is 14.0. The number of hydrogen-bond acceptors (Lipinski definition) is 5. The van der Waals surface area contributed by atoms with E-state index >= 15 is 0 Å². The molecule has 0 aliphatic heterocycles. The standard InChI is InChI=1S/C21H30N4O4.HI/c1-25(2)20(26)16-23-21(22-11-10-18-9-5-13-28-18)24-17-7-4-8-19(15-17)29-14-6-12-27-3;/h4-5,7-9,13,15H,6,10-12,14,16H2,1-3H3,(H2,22,23,24);1H. The first kappa shape index (κ1) is 25.8. The fourth-order valence-corrected chi connectivity index (χ4v) is 2.38. The number of amides is 1. The number of benzene rings is 1. The van der Waals surface area contributed by atoms with Gasteiger partial charge in [-0.2, -0.15) is 0 Å². The molecule has 0 saturated heterocycles. The van der Waals surface area contributed by atoms with E-state index in [1.54, 1.807) is 27.5 Å². The molecule has 1 aromatic carbocycles. The third-order valence-corrected chi connectivity index (χ3v) is 3.97. The van der Waals surface area contributed by atoms with Crippen LogP contribution in [0.1, 0.15) is 12.2 Å².